The van der Waals surface area contributed by atoms with Gasteiger partial charge in [-0.25, -0.2) is 0 Å². The van der Waals surface area contributed by atoms with Gasteiger partial charge in [0.1, 0.15) is 0 Å². The molecule has 0 radical (unpaired) electrons. The van der Waals surface area contributed by atoms with Crippen LogP contribution in [0.25, 0.3) is 0 Å². The molecule has 3 rings (SSSR count). The average Bonchev–Trinajstić information content (AvgIpc) is 2.71. The zero-order chi connectivity index (χ0) is 14.8. The Morgan fingerprint density at radius 3 is 2.86 bits per heavy atom. The molecule has 3 nitrogen and oxygen atoms in total. The number of carbonyl (C=O) groups excluding carboxylic acids is 1. The van der Waals surface area contributed by atoms with Crippen molar-refractivity contribution in [3.8, 4) is 0 Å². The Morgan fingerprint density at radius 2 is 2.05 bits per heavy atom. The second-order valence-electron chi connectivity index (χ2n) is 4.89. The van der Waals surface area contributed by atoms with Crippen molar-refractivity contribution in [3.05, 3.63) is 62.2 Å². The van der Waals surface area contributed by atoms with E-state index in [1.165, 1.54) is 0 Å². The number of anilines is 1. The van der Waals surface area contributed by atoms with Gasteiger partial charge in [-0.05, 0) is 52.4 Å². The Morgan fingerprint density at radius 1 is 1.24 bits per heavy atom. The normalized spacial score (nSPS) is 14.5. The molecule has 0 saturated carbocycles. The molecule has 0 saturated heterocycles. The number of halogens is 2. The van der Waals surface area contributed by atoms with E-state index in [9.17, 15) is 4.79 Å². The second kappa shape index (κ2) is 6.34. The first-order chi connectivity index (χ1) is 10.2. The van der Waals surface area contributed by atoms with E-state index in [1.807, 2.05) is 35.2 Å². The molecule has 5 heteroatoms. The van der Waals surface area contributed by atoms with Gasteiger partial charge in [0.05, 0.1) is 5.02 Å². The summed E-state index contributed by atoms with van der Waals surface area (Å²) in [5, 5.41) is 3.95. The molecule has 0 atom stereocenters. The number of nitrogens with zero attached hydrogens (tertiary/aromatic N) is 1. The van der Waals surface area contributed by atoms with Gasteiger partial charge in [0.2, 0.25) is 0 Å². The van der Waals surface area contributed by atoms with Crippen molar-refractivity contribution in [2.75, 3.05) is 18.0 Å². The molecule has 2 aromatic carbocycles. The van der Waals surface area contributed by atoms with E-state index in [-0.39, 0.29) is 5.91 Å². The number of para-hydroxylation sites is 1. The van der Waals surface area contributed by atoms with Gasteiger partial charge in [-0.3, -0.25) is 4.79 Å². The zero-order valence-electron chi connectivity index (χ0n) is 11.3. The molecule has 0 aromatic heterocycles. The van der Waals surface area contributed by atoms with E-state index in [4.69, 9.17) is 11.6 Å². The first kappa shape index (κ1) is 14.8. The predicted molar refractivity (Wildman–Crippen MR) is 94.0 cm³/mol. The fraction of sp³-hybridized carbons (Fsp3) is 0.188. The van der Waals surface area contributed by atoms with Crippen LogP contribution in [0.1, 0.15) is 15.9 Å². The second-order valence-corrected chi connectivity index (χ2v) is 6.46. The summed E-state index contributed by atoms with van der Waals surface area (Å²) in [5.41, 5.74) is 2.74. The minimum atomic E-state index is -0.00977. The standard InChI is InChI=1S/C16H14ClIN2O/c17-13-9-11(5-6-14(13)18)16(21)20-8-7-19-10-12-3-1-2-4-15(12)20/h1-6,9,19H,7-8,10H2. The van der Waals surface area contributed by atoms with Crippen LogP contribution >= 0.6 is 34.2 Å². The molecule has 0 fully saturated rings. The van der Waals surface area contributed by atoms with Crippen LogP contribution in [0, 0.1) is 3.57 Å². The average molecular weight is 413 g/mol. The quantitative estimate of drug-likeness (QED) is 0.725. The number of benzene rings is 2. The van der Waals surface area contributed by atoms with E-state index < -0.39 is 0 Å². The minimum Gasteiger partial charge on any atom is -0.311 e. The third-order valence-electron chi connectivity index (χ3n) is 3.52. The van der Waals surface area contributed by atoms with Crippen LogP contribution < -0.4 is 10.2 Å². The SMILES string of the molecule is O=C(c1ccc(I)c(Cl)c1)N1CCNCc2ccccc21. The monoisotopic (exact) mass is 412 g/mol. The van der Waals surface area contributed by atoms with Crippen LogP contribution in [0.4, 0.5) is 5.69 Å². The fourth-order valence-electron chi connectivity index (χ4n) is 2.45. The third-order valence-corrected chi connectivity index (χ3v) is 5.09. The maximum Gasteiger partial charge on any atom is 0.258 e. The molecular formula is C16H14ClIN2O. The first-order valence-corrected chi connectivity index (χ1v) is 8.18. The molecule has 2 aromatic rings. The van der Waals surface area contributed by atoms with Crippen molar-refractivity contribution in [2.45, 2.75) is 6.54 Å². The van der Waals surface area contributed by atoms with Gasteiger partial charge in [0, 0.05) is 34.5 Å². The van der Waals surface area contributed by atoms with Crippen LogP contribution in [0.3, 0.4) is 0 Å². The molecule has 0 unspecified atom stereocenters. The van der Waals surface area contributed by atoms with Crippen molar-refractivity contribution < 1.29 is 4.79 Å². The van der Waals surface area contributed by atoms with Crippen molar-refractivity contribution in [1.82, 2.24) is 5.32 Å². The summed E-state index contributed by atoms with van der Waals surface area (Å²) in [5.74, 6) is -0.00977. The van der Waals surface area contributed by atoms with Crippen LogP contribution in [-0.4, -0.2) is 19.0 Å². The highest BCUT2D eigenvalue weighted by atomic mass is 127. The highest BCUT2D eigenvalue weighted by Crippen LogP contribution is 2.26. The van der Waals surface area contributed by atoms with E-state index in [0.717, 1.165) is 27.9 Å². The summed E-state index contributed by atoms with van der Waals surface area (Å²) < 4.78 is 0.948. The molecule has 21 heavy (non-hydrogen) atoms. The Bertz CT molecular complexity index is 690. The van der Waals surface area contributed by atoms with Crippen molar-refractivity contribution in [1.29, 1.82) is 0 Å². The molecule has 0 bridgehead atoms. The number of amides is 1. The zero-order valence-corrected chi connectivity index (χ0v) is 14.2. The molecule has 1 aliphatic rings. The smallest absolute Gasteiger partial charge is 0.258 e. The van der Waals surface area contributed by atoms with Crippen LogP contribution in [-0.2, 0) is 6.54 Å². The summed E-state index contributed by atoms with van der Waals surface area (Å²) in [6.07, 6.45) is 0. The lowest BCUT2D eigenvalue weighted by Crippen LogP contribution is -2.34. The summed E-state index contributed by atoms with van der Waals surface area (Å²) in [6.45, 7) is 2.21. The van der Waals surface area contributed by atoms with Gasteiger partial charge in [-0.1, -0.05) is 29.8 Å². The summed E-state index contributed by atoms with van der Waals surface area (Å²) in [7, 11) is 0. The van der Waals surface area contributed by atoms with Gasteiger partial charge < -0.3 is 10.2 Å². The molecule has 1 heterocycles. The lowest BCUT2D eigenvalue weighted by Gasteiger charge is -2.22. The number of hydrogen-bond acceptors (Lipinski definition) is 2. The molecule has 1 aliphatic heterocycles. The van der Waals surface area contributed by atoms with Gasteiger partial charge in [0.15, 0.2) is 0 Å². The van der Waals surface area contributed by atoms with E-state index in [1.54, 1.807) is 6.07 Å². The molecule has 1 amide bonds. The Kier molecular flexibility index (Phi) is 4.47. The van der Waals surface area contributed by atoms with E-state index in [0.29, 0.717) is 17.1 Å². The maximum absolute atomic E-state index is 12.8. The number of rotatable bonds is 1. The Balaban J connectivity index is 1.99. The number of carbonyl (C=O) groups is 1. The summed E-state index contributed by atoms with van der Waals surface area (Å²) >= 11 is 8.30. The fourth-order valence-corrected chi connectivity index (χ4v) is 2.97. The first-order valence-electron chi connectivity index (χ1n) is 6.72. The molecule has 108 valence electrons. The third kappa shape index (κ3) is 3.07. The van der Waals surface area contributed by atoms with E-state index in [2.05, 4.69) is 34.0 Å². The molecule has 0 spiro atoms. The molecular weight excluding hydrogens is 399 g/mol. The minimum absolute atomic E-state index is 0.00977. The highest BCUT2D eigenvalue weighted by molar-refractivity contribution is 14.1. The number of fused-ring (bicyclic) bond motifs is 1. The molecule has 1 N–H and O–H groups in total. The largest absolute Gasteiger partial charge is 0.311 e. The van der Waals surface area contributed by atoms with Crippen molar-refractivity contribution >= 4 is 45.8 Å². The van der Waals surface area contributed by atoms with Gasteiger partial charge in [0.25, 0.3) is 5.91 Å². The maximum atomic E-state index is 12.8. The number of nitrogens with one attached hydrogen (secondary N) is 1. The lowest BCUT2D eigenvalue weighted by atomic mass is 10.1. The topological polar surface area (TPSA) is 32.3 Å². The number of hydrogen-bond donors (Lipinski definition) is 1. The lowest BCUT2D eigenvalue weighted by molar-refractivity contribution is 0.0987. The Labute approximate surface area is 142 Å². The van der Waals surface area contributed by atoms with Crippen LogP contribution in [0.5, 0.6) is 0 Å². The Hall–Kier alpha value is -1.11. The molecule has 0 aliphatic carbocycles. The van der Waals surface area contributed by atoms with Crippen molar-refractivity contribution in [2.24, 2.45) is 0 Å². The van der Waals surface area contributed by atoms with Gasteiger partial charge >= 0.3 is 0 Å². The van der Waals surface area contributed by atoms with Gasteiger partial charge in [-0.15, -0.1) is 0 Å². The van der Waals surface area contributed by atoms with Crippen LogP contribution in [0.2, 0.25) is 5.02 Å². The predicted octanol–water partition coefficient (Wildman–Crippen LogP) is 3.69. The van der Waals surface area contributed by atoms with Crippen molar-refractivity contribution in [3.63, 3.8) is 0 Å². The van der Waals surface area contributed by atoms with Crippen LogP contribution in [0.15, 0.2) is 42.5 Å². The highest BCUT2D eigenvalue weighted by Gasteiger charge is 2.22. The van der Waals surface area contributed by atoms with Gasteiger partial charge in [-0.2, -0.15) is 0 Å². The van der Waals surface area contributed by atoms with E-state index >= 15 is 0 Å². The summed E-state index contributed by atoms with van der Waals surface area (Å²) in [4.78, 5) is 14.6. The summed E-state index contributed by atoms with van der Waals surface area (Å²) in [6, 6.07) is 13.5.